The number of ether oxygens (including phenoxy) is 5. The van der Waals surface area contributed by atoms with E-state index in [0.29, 0.717) is 24.2 Å². The first-order valence-corrected chi connectivity index (χ1v) is 14.7. The van der Waals surface area contributed by atoms with Gasteiger partial charge < -0.3 is 28.6 Å². The van der Waals surface area contributed by atoms with Gasteiger partial charge in [-0.3, -0.25) is 19.7 Å². The summed E-state index contributed by atoms with van der Waals surface area (Å²) in [6.45, 7) is -0.271. The number of hydrogen-bond donors (Lipinski definition) is 1. The predicted molar refractivity (Wildman–Crippen MR) is 151 cm³/mol. The van der Waals surface area contributed by atoms with E-state index in [9.17, 15) is 14.4 Å². The van der Waals surface area contributed by atoms with E-state index in [1.54, 1.807) is 29.8 Å². The van der Waals surface area contributed by atoms with Crippen molar-refractivity contribution in [3.05, 3.63) is 92.6 Å². The Morgan fingerprint density at radius 3 is 2.81 bits per heavy atom. The van der Waals surface area contributed by atoms with Gasteiger partial charge in [-0.2, -0.15) is 0 Å². The number of fused-ring (bicyclic) bond motifs is 3. The monoisotopic (exact) mass is 609 g/mol. The van der Waals surface area contributed by atoms with Crippen LogP contribution in [0.2, 0.25) is 0 Å². The van der Waals surface area contributed by atoms with Crippen molar-refractivity contribution < 1.29 is 37.7 Å². The summed E-state index contributed by atoms with van der Waals surface area (Å²) >= 11 is 1.65. The van der Waals surface area contributed by atoms with Crippen molar-refractivity contribution in [3.63, 3.8) is 0 Å². The molecule has 1 spiro atoms. The molecule has 2 aromatic carbocycles. The third-order valence-electron chi connectivity index (χ3n) is 8.55. The lowest BCUT2D eigenvalue weighted by Gasteiger charge is -2.49. The summed E-state index contributed by atoms with van der Waals surface area (Å²) in [6.07, 6.45) is 1.27. The zero-order valence-electron chi connectivity index (χ0n) is 23.4. The van der Waals surface area contributed by atoms with E-state index < -0.39 is 41.6 Å². The largest absolute Gasteiger partial charge is 0.510 e. The number of carbonyl (C=O) groups is 2. The summed E-state index contributed by atoms with van der Waals surface area (Å²) in [5.74, 6) is -0.346. The second-order valence-electron chi connectivity index (χ2n) is 10.8. The van der Waals surface area contributed by atoms with Gasteiger partial charge >= 0.3 is 6.16 Å². The number of benzene rings is 2. The highest BCUT2D eigenvalue weighted by atomic mass is 32.2. The molecule has 1 amide bonds. The van der Waals surface area contributed by atoms with Crippen molar-refractivity contribution in [2.24, 2.45) is 0 Å². The van der Waals surface area contributed by atoms with Crippen molar-refractivity contribution in [1.29, 1.82) is 0 Å². The summed E-state index contributed by atoms with van der Waals surface area (Å²) in [6, 6.07) is 11.9. The number of nitrogens with zero attached hydrogens (tertiary/aromatic N) is 2. The third kappa shape index (κ3) is 4.13. The second kappa shape index (κ2) is 10.3. The molecule has 3 atom stereocenters. The van der Waals surface area contributed by atoms with Gasteiger partial charge in [-0.25, -0.2) is 9.18 Å². The highest BCUT2D eigenvalue weighted by molar-refractivity contribution is 7.98. The van der Waals surface area contributed by atoms with Gasteiger partial charge in [0.2, 0.25) is 18.0 Å². The first-order chi connectivity index (χ1) is 20.8. The number of hydrogen-bond acceptors (Lipinski definition) is 10. The molecule has 13 heteroatoms. The molecule has 2 fully saturated rings. The highest BCUT2D eigenvalue weighted by Crippen LogP contribution is 2.66. The molecule has 1 saturated heterocycles. The molecule has 4 heterocycles. The molecule has 1 saturated carbocycles. The number of thioether (sulfide) groups is 1. The molecule has 11 nitrogen and oxygen atoms in total. The van der Waals surface area contributed by atoms with Gasteiger partial charge in [0.25, 0.3) is 5.91 Å². The maximum atomic E-state index is 15.1. The summed E-state index contributed by atoms with van der Waals surface area (Å²) in [7, 11) is 2.69. The van der Waals surface area contributed by atoms with Crippen LogP contribution >= 0.6 is 11.8 Å². The molecule has 1 aromatic heterocycles. The van der Waals surface area contributed by atoms with Crippen LogP contribution in [0.1, 0.15) is 39.2 Å². The Labute approximate surface area is 249 Å². The number of carbonyl (C=O) groups excluding carboxylic acids is 2. The molecular formula is C30H28FN3O8S. The lowest BCUT2D eigenvalue weighted by Crippen LogP contribution is -2.67. The van der Waals surface area contributed by atoms with E-state index >= 15 is 4.39 Å². The van der Waals surface area contributed by atoms with Crippen LogP contribution in [0.15, 0.2) is 58.4 Å². The molecule has 3 aliphatic heterocycles. The molecule has 1 aliphatic carbocycles. The van der Waals surface area contributed by atoms with Gasteiger partial charge in [-0.05, 0) is 34.4 Å². The summed E-state index contributed by atoms with van der Waals surface area (Å²) < 4.78 is 43.4. The van der Waals surface area contributed by atoms with Crippen molar-refractivity contribution in [2.45, 2.75) is 40.8 Å². The number of methoxy groups -OCH3 is 2. The molecule has 1 N–H and O–H groups in total. The van der Waals surface area contributed by atoms with Crippen LogP contribution in [0, 0.1) is 5.82 Å². The fourth-order valence-corrected chi connectivity index (χ4v) is 7.73. The van der Waals surface area contributed by atoms with Gasteiger partial charge in [0.05, 0.1) is 26.4 Å². The van der Waals surface area contributed by atoms with E-state index in [-0.39, 0.29) is 30.5 Å². The van der Waals surface area contributed by atoms with Gasteiger partial charge in [-0.1, -0.05) is 24.3 Å². The zero-order valence-corrected chi connectivity index (χ0v) is 24.2. The first kappa shape index (κ1) is 27.7. The number of halogens is 1. The number of aromatic nitrogens is 1. The Bertz CT molecular complexity index is 1720. The standard InChI is InChI=1S/C30H28FN3O8S/c1-38-12-18-13-42-29(21-6-4-8-24-20(21)11-19-17(14-43-24)5-3-7-22(19)31)15-30(29)32-33-10-9-23(35)26(25(33)27(36)34(18)30)40-16-41-28(37)39-2/h3-10,18,32H,11-16H2,1-2H3/t18?,29-,30-/m0/s1. The summed E-state index contributed by atoms with van der Waals surface area (Å²) in [5, 5.41) is 0. The van der Waals surface area contributed by atoms with Gasteiger partial charge in [0.1, 0.15) is 11.4 Å². The number of morpholine rings is 1. The molecule has 224 valence electrons. The normalized spacial score (nSPS) is 24.7. The van der Waals surface area contributed by atoms with Crippen LogP contribution in [0.25, 0.3) is 0 Å². The Kier molecular flexibility index (Phi) is 6.63. The third-order valence-corrected chi connectivity index (χ3v) is 9.70. The van der Waals surface area contributed by atoms with E-state index in [1.807, 2.05) is 24.3 Å². The van der Waals surface area contributed by atoms with Crippen LogP contribution in [0.5, 0.6) is 5.75 Å². The predicted octanol–water partition coefficient (Wildman–Crippen LogP) is 3.34. The fraction of sp³-hybridized carbons (Fsp3) is 0.367. The molecule has 3 aromatic rings. The van der Waals surface area contributed by atoms with Crippen LogP contribution in [-0.2, 0) is 36.7 Å². The summed E-state index contributed by atoms with van der Waals surface area (Å²) in [4.78, 5) is 41.4. The molecule has 4 aliphatic rings. The number of pyridine rings is 1. The van der Waals surface area contributed by atoms with Gasteiger partial charge in [-0.15, -0.1) is 11.8 Å². The minimum atomic E-state index is -1.03. The molecule has 1 unspecified atom stereocenters. The van der Waals surface area contributed by atoms with E-state index in [2.05, 4.69) is 10.2 Å². The van der Waals surface area contributed by atoms with Gasteiger partial charge in [0.15, 0.2) is 11.4 Å². The highest BCUT2D eigenvalue weighted by Gasteiger charge is 2.79. The van der Waals surface area contributed by atoms with Crippen molar-refractivity contribution >= 4 is 23.8 Å². The van der Waals surface area contributed by atoms with Crippen LogP contribution in [0.3, 0.4) is 0 Å². The molecule has 0 radical (unpaired) electrons. The molecular weight excluding hydrogens is 581 g/mol. The number of amides is 1. The van der Waals surface area contributed by atoms with Crippen LogP contribution in [-0.4, -0.2) is 67.6 Å². The molecule has 43 heavy (non-hydrogen) atoms. The fourth-order valence-electron chi connectivity index (χ4n) is 6.62. The Morgan fingerprint density at radius 2 is 2.00 bits per heavy atom. The van der Waals surface area contributed by atoms with Gasteiger partial charge in [0, 0.05) is 42.9 Å². The first-order valence-electron chi connectivity index (χ1n) is 13.7. The van der Waals surface area contributed by atoms with E-state index in [4.69, 9.17) is 18.9 Å². The maximum Gasteiger partial charge on any atom is 0.510 e. The minimum absolute atomic E-state index is 0.0474. The Hall–Kier alpha value is -4.07. The average molecular weight is 610 g/mol. The maximum absolute atomic E-state index is 15.1. The topological polar surface area (TPSA) is 118 Å². The van der Waals surface area contributed by atoms with Crippen molar-refractivity contribution in [3.8, 4) is 5.75 Å². The molecule has 0 bridgehead atoms. The van der Waals surface area contributed by atoms with E-state index in [0.717, 1.165) is 28.7 Å². The quantitative estimate of drug-likeness (QED) is 0.330. The molecule has 7 rings (SSSR count). The number of rotatable bonds is 6. The Morgan fingerprint density at radius 1 is 1.16 bits per heavy atom. The van der Waals surface area contributed by atoms with E-state index in [1.165, 1.54) is 23.0 Å². The summed E-state index contributed by atoms with van der Waals surface area (Å²) in [5.41, 5.74) is 4.30. The Balaban J connectivity index is 1.32. The SMILES string of the molecule is COCC1CO[C@]2(c3cccc4c3Cc3c(F)cccc3CS4)C[C@@]23Nn2ccc(=O)c(OCOC(=O)OC)c2C(=O)N13. The average Bonchev–Trinajstić information content (AvgIpc) is 3.71. The number of nitrogens with one attached hydrogen (secondary N) is 1. The van der Waals surface area contributed by atoms with Crippen LogP contribution in [0.4, 0.5) is 9.18 Å². The smallest absolute Gasteiger partial charge is 0.451 e. The lowest BCUT2D eigenvalue weighted by atomic mass is 9.91. The van der Waals surface area contributed by atoms with Crippen molar-refractivity contribution in [2.75, 3.05) is 39.7 Å². The lowest BCUT2D eigenvalue weighted by molar-refractivity contribution is -0.106. The zero-order chi connectivity index (χ0) is 29.9. The second-order valence-corrected chi connectivity index (χ2v) is 11.8. The van der Waals surface area contributed by atoms with Crippen molar-refractivity contribution in [1.82, 2.24) is 9.58 Å². The van der Waals surface area contributed by atoms with Crippen LogP contribution < -0.4 is 15.6 Å². The minimum Gasteiger partial charge on any atom is -0.451 e.